The molecule has 1 unspecified atom stereocenters. The number of halogens is 1. The van der Waals surface area contributed by atoms with Crippen LogP contribution in [0.2, 0.25) is 0 Å². The van der Waals surface area contributed by atoms with Gasteiger partial charge in [0.05, 0.1) is 7.11 Å². The van der Waals surface area contributed by atoms with Crippen molar-refractivity contribution in [3.8, 4) is 5.75 Å². The zero-order valence-corrected chi connectivity index (χ0v) is 11.4. The molecule has 1 heterocycles. The molecule has 0 aliphatic carbocycles. The first kappa shape index (κ1) is 13.8. The quantitative estimate of drug-likeness (QED) is 0.788. The summed E-state index contributed by atoms with van der Waals surface area (Å²) in [6.45, 7) is 1.63. The fourth-order valence-electron chi connectivity index (χ4n) is 2.15. The number of benzene rings is 1. The molecule has 1 aliphatic heterocycles. The van der Waals surface area contributed by atoms with E-state index in [1.54, 1.807) is 25.1 Å². The third-order valence-corrected chi connectivity index (χ3v) is 4.29. The number of carbonyl (C=O) groups is 1. The number of hydrogen-bond donors (Lipinski definition) is 0. The number of nitrogens with zero attached hydrogens (tertiary/aromatic N) is 1. The summed E-state index contributed by atoms with van der Waals surface area (Å²) >= 11 is 0. The van der Waals surface area contributed by atoms with E-state index in [1.165, 1.54) is 12.0 Å². The summed E-state index contributed by atoms with van der Waals surface area (Å²) < 4.78 is 39.8. The van der Waals surface area contributed by atoms with Crippen molar-refractivity contribution in [3.63, 3.8) is 0 Å². The third kappa shape index (κ3) is 2.70. The Hall–Kier alpha value is -1.63. The minimum atomic E-state index is -4.69. The van der Waals surface area contributed by atoms with Crippen molar-refractivity contribution in [1.29, 1.82) is 0 Å². The number of rotatable bonds is 3. The largest absolute Gasteiger partial charge is 0.497 e. The Morgan fingerprint density at radius 3 is 2.58 bits per heavy atom. The highest BCUT2D eigenvalue weighted by Gasteiger charge is 2.39. The van der Waals surface area contributed by atoms with Gasteiger partial charge in [-0.1, -0.05) is 0 Å². The maximum Gasteiger partial charge on any atom is 0.307 e. The van der Waals surface area contributed by atoms with E-state index in [0.717, 1.165) is 5.56 Å². The summed E-state index contributed by atoms with van der Waals surface area (Å²) in [5.74, 6) is 0.252. The Morgan fingerprint density at radius 2 is 2.11 bits per heavy atom. The van der Waals surface area contributed by atoms with Gasteiger partial charge in [0, 0.05) is 18.7 Å². The van der Waals surface area contributed by atoms with Crippen LogP contribution in [0.1, 0.15) is 12.0 Å². The second-order valence-corrected chi connectivity index (χ2v) is 6.08. The van der Waals surface area contributed by atoms with Gasteiger partial charge in [0.25, 0.3) is 0 Å². The fourth-order valence-corrected chi connectivity index (χ4v) is 2.82. The number of amides is 1. The molecule has 0 bridgehead atoms. The van der Waals surface area contributed by atoms with Crippen LogP contribution in [-0.4, -0.2) is 33.2 Å². The number of hydrogen-bond acceptors (Lipinski definition) is 4. The van der Waals surface area contributed by atoms with Gasteiger partial charge >= 0.3 is 10.2 Å². The normalized spacial score (nSPS) is 19.8. The van der Waals surface area contributed by atoms with Gasteiger partial charge in [-0.15, -0.1) is 3.89 Å². The minimum absolute atomic E-state index is 0.148. The molecule has 1 saturated heterocycles. The van der Waals surface area contributed by atoms with Gasteiger partial charge in [0.2, 0.25) is 5.91 Å². The summed E-state index contributed by atoms with van der Waals surface area (Å²) in [7, 11) is -3.16. The molecule has 104 valence electrons. The molecule has 0 spiro atoms. The maximum atomic E-state index is 12.9. The van der Waals surface area contributed by atoms with Crippen molar-refractivity contribution in [3.05, 3.63) is 23.8 Å². The van der Waals surface area contributed by atoms with Crippen LogP contribution in [0.25, 0.3) is 0 Å². The first-order valence-corrected chi connectivity index (χ1v) is 7.16. The smallest absolute Gasteiger partial charge is 0.307 e. The van der Waals surface area contributed by atoms with Crippen molar-refractivity contribution in [2.45, 2.75) is 18.6 Å². The molecule has 1 aliphatic rings. The Kier molecular flexibility index (Phi) is 3.49. The monoisotopic (exact) mass is 287 g/mol. The van der Waals surface area contributed by atoms with E-state index in [1.807, 2.05) is 0 Å². The topological polar surface area (TPSA) is 63.7 Å². The molecule has 1 aromatic carbocycles. The highest BCUT2D eigenvalue weighted by Crippen LogP contribution is 2.30. The van der Waals surface area contributed by atoms with E-state index in [-0.39, 0.29) is 18.9 Å². The standard InChI is InChI=1S/C12H14FNO4S/c1-8-5-9(18-2)3-4-11(8)14-7-10(6-12(14)15)19(13,16)17/h3-5,10H,6-7H2,1-2H3. The lowest BCUT2D eigenvalue weighted by molar-refractivity contribution is -0.117. The molecule has 7 heteroatoms. The average Bonchev–Trinajstić information content (AvgIpc) is 2.71. The summed E-state index contributed by atoms with van der Waals surface area (Å²) in [4.78, 5) is 13.1. The average molecular weight is 287 g/mol. The summed E-state index contributed by atoms with van der Waals surface area (Å²) in [5.41, 5.74) is 1.35. The van der Waals surface area contributed by atoms with Gasteiger partial charge in [-0.05, 0) is 30.7 Å². The molecular formula is C12H14FNO4S. The highest BCUT2D eigenvalue weighted by atomic mass is 32.3. The number of aryl methyl sites for hydroxylation is 1. The molecular weight excluding hydrogens is 273 g/mol. The number of ether oxygens (including phenoxy) is 1. The van der Waals surface area contributed by atoms with Crippen molar-refractivity contribution in [2.24, 2.45) is 0 Å². The summed E-state index contributed by atoms with van der Waals surface area (Å²) in [6.07, 6.45) is -0.315. The molecule has 0 aromatic heterocycles. The van der Waals surface area contributed by atoms with Crippen LogP contribution in [0.5, 0.6) is 5.75 Å². The first-order valence-electron chi connectivity index (χ1n) is 5.71. The van der Waals surface area contributed by atoms with Gasteiger partial charge in [-0.2, -0.15) is 8.42 Å². The molecule has 2 rings (SSSR count). The lowest BCUT2D eigenvalue weighted by atomic mass is 10.1. The lowest BCUT2D eigenvalue weighted by Crippen LogP contribution is -2.27. The van der Waals surface area contributed by atoms with Crippen LogP contribution in [0.15, 0.2) is 18.2 Å². The molecule has 19 heavy (non-hydrogen) atoms. The van der Waals surface area contributed by atoms with Gasteiger partial charge in [0.15, 0.2) is 0 Å². The summed E-state index contributed by atoms with van der Waals surface area (Å²) in [5, 5.41) is -1.28. The fraction of sp³-hybridized carbons (Fsp3) is 0.417. The van der Waals surface area contributed by atoms with Crippen LogP contribution >= 0.6 is 0 Å². The minimum Gasteiger partial charge on any atom is -0.497 e. The second kappa shape index (κ2) is 4.80. The van der Waals surface area contributed by atoms with Gasteiger partial charge in [0.1, 0.15) is 11.0 Å². The van der Waals surface area contributed by atoms with E-state index < -0.39 is 15.5 Å². The molecule has 1 fully saturated rings. The number of anilines is 1. The zero-order valence-electron chi connectivity index (χ0n) is 10.6. The second-order valence-electron chi connectivity index (χ2n) is 4.46. The predicted molar refractivity (Wildman–Crippen MR) is 68.5 cm³/mol. The van der Waals surface area contributed by atoms with E-state index in [0.29, 0.717) is 11.4 Å². The van der Waals surface area contributed by atoms with Crippen molar-refractivity contribution >= 4 is 21.8 Å². The predicted octanol–water partition coefficient (Wildman–Crippen LogP) is 1.41. The van der Waals surface area contributed by atoms with E-state index >= 15 is 0 Å². The lowest BCUT2D eigenvalue weighted by Gasteiger charge is -2.19. The van der Waals surface area contributed by atoms with Crippen LogP contribution < -0.4 is 9.64 Å². The molecule has 0 radical (unpaired) electrons. The van der Waals surface area contributed by atoms with Gasteiger partial charge in [-0.25, -0.2) is 0 Å². The molecule has 0 saturated carbocycles. The Bertz CT molecular complexity index is 614. The number of carbonyl (C=O) groups excluding carboxylic acids is 1. The van der Waals surface area contributed by atoms with E-state index in [9.17, 15) is 17.1 Å². The van der Waals surface area contributed by atoms with Crippen LogP contribution in [0.3, 0.4) is 0 Å². The van der Waals surface area contributed by atoms with Crippen LogP contribution in [0, 0.1) is 6.92 Å². The van der Waals surface area contributed by atoms with Crippen molar-refractivity contribution < 1.29 is 21.8 Å². The molecule has 5 nitrogen and oxygen atoms in total. The third-order valence-electron chi connectivity index (χ3n) is 3.18. The molecule has 1 atom stereocenters. The Balaban J connectivity index is 2.31. The maximum absolute atomic E-state index is 12.9. The molecule has 0 N–H and O–H groups in total. The zero-order chi connectivity index (χ0) is 14.2. The van der Waals surface area contributed by atoms with Crippen LogP contribution in [-0.2, 0) is 15.0 Å². The SMILES string of the molecule is COc1ccc(N2CC(S(=O)(=O)F)CC2=O)c(C)c1. The Labute approximate surface area is 111 Å². The first-order chi connectivity index (χ1) is 8.82. The highest BCUT2D eigenvalue weighted by molar-refractivity contribution is 7.87. The molecule has 1 amide bonds. The molecule has 1 aromatic rings. The van der Waals surface area contributed by atoms with Gasteiger partial charge < -0.3 is 9.64 Å². The van der Waals surface area contributed by atoms with E-state index in [2.05, 4.69) is 0 Å². The van der Waals surface area contributed by atoms with Crippen LogP contribution in [0.4, 0.5) is 9.57 Å². The van der Waals surface area contributed by atoms with E-state index in [4.69, 9.17) is 4.74 Å². The number of methoxy groups -OCH3 is 1. The van der Waals surface area contributed by atoms with Crippen molar-refractivity contribution in [1.82, 2.24) is 0 Å². The summed E-state index contributed by atoms with van der Waals surface area (Å²) in [6, 6.07) is 5.08. The van der Waals surface area contributed by atoms with Crippen molar-refractivity contribution in [2.75, 3.05) is 18.6 Å². The Morgan fingerprint density at radius 1 is 1.42 bits per heavy atom. The van der Waals surface area contributed by atoms with Gasteiger partial charge in [-0.3, -0.25) is 4.79 Å².